The van der Waals surface area contributed by atoms with Gasteiger partial charge in [-0.3, -0.25) is 0 Å². The van der Waals surface area contributed by atoms with Crippen molar-refractivity contribution in [3.05, 3.63) is 42.1 Å². The Labute approximate surface area is 177 Å². The molecule has 0 amide bonds. The van der Waals surface area contributed by atoms with Crippen LogP contribution < -0.4 is 15.0 Å². The van der Waals surface area contributed by atoms with E-state index in [0.29, 0.717) is 11.7 Å². The van der Waals surface area contributed by atoms with Crippen molar-refractivity contribution in [3.63, 3.8) is 0 Å². The lowest BCUT2D eigenvalue weighted by Gasteiger charge is -2.32. The number of benzene rings is 1. The zero-order valence-electron chi connectivity index (χ0n) is 17.6. The first-order valence-corrected chi connectivity index (χ1v) is 10.2. The minimum Gasteiger partial charge on any atom is -0.477 e. The quantitative estimate of drug-likeness (QED) is 0.766. The van der Waals surface area contributed by atoms with Gasteiger partial charge in [-0.25, -0.2) is 9.78 Å². The van der Waals surface area contributed by atoms with Gasteiger partial charge in [-0.15, -0.1) is 0 Å². The van der Waals surface area contributed by atoms with Crippen LogP contribution in [0.4, 0.5) is 5.95 Å². The molecule has 30 heavy (non-hydrogen) atoms. The van der Waals surface area contributed by atoms with E-state index in [-0.39, 0.29) is 11.4 Å². The fourth-order valence-corrected chi connectivity index (χ4v) is 3.12. The number of likely N-dealkylation sites (N-methyl/N-ethyl adjacent to an activating group) is 2. The summed E-state index contributed by atoms with van der Waals surface area (Å²) < 4.78 is 5.65. The molecule has 2 saturated heterocycles. The normalized spacial score (nSPS) is 17.7. The molecule has 0 atom stereocenters. The maximum atomic E-state index is 11.4. The third-order valence-corrected chi connectivity index (χ3v) is 5.06. The van der Waals surface area contributed by atoms with Gasteiger partial charge in [0.1, 0.15) is 11.3 Å². The number of hydrogen-bond donors (Lipinski definition) is 2. The topological polar surface area (TPSA) is 94.1 Å². The first kappa shape index (κ1) is 21.9. The molecular weight excluding hydrogens is 384 g/mol. The van der Waals surface area contributed by atoms with E-state index in [4.69, 9.17) is 4.74 Å². The molecule has 2 aliphatic rings. The molecule has 162 valence electrons. The largest absolute Gasteiger partial charge is 0.477 e. The van der Waals surface area contributed by atoms with E-state index in [1.165, 1.54) is 19.3 Å². The zero-order chi connectivity index (χ0) is 21.3. The van der Waals surface area contributed by atoms with Crippen LogP contribution in [0, 0.1) is 0 Å². The molecule has 2 fully saturated rings. The van der Waals surface area contributed by atoms with Crippen molar-refractivity contribution in [2.75, 3.05) is 71.4 Å². The molecule has 2 aliphatic heterocycles. The van der Waals surface area contributed by atoms with Gasteiger partial charge in [0, 0.05) is 52.4 Å². The molecule has 1 aromatic carbocycles. The standard InChI is InChI=1S/C16H18N4O3.C5H12N2/c1-19-7-9-20(10-8-19)16-17-11-13(15(21)22)14(18-16)23-12-5-3-2-4-6-12;1-7-4-2-6-3-5-7/h2-6,11H,7-10H2,1H3,(H,21,22);6H,2-5H2,1H3. The van der Waals surface area contributed by atoms with Gasteiger partial charge in [-0.1, -0.05) is 18.2 Å². The number of carboxylic acids is 1. The Hall–Kier alpha value is -2.75. The second kappa shape index (κ2) is 10.9. The number of para-hydroxylation sites is 1. The van der Waals surface area contributed by atoms with Gasteiger partial charge in [-0.2, -0.15) is 4.98 Å². The van der Waals surface area contributed by atoms with Crippen molar-refractivity contribution < 1.29 is 14.6 Å². The molecule has 1 aromatic heterocycles. The van der Waals surface area contributed by atoms with E-state index in [9.17, 15) is 9.90 Å². The van der Waals surface area contributed by atoms with Crippen molar-refractivity contribution in [1.82, 2.24) is 25.1 Å². The molecular formula is C21H30N6O3. The van der Waals surface area contributed by atoms with Crippen LogP contribution in [-0.4, -0.2) is 97.3 Å². The number of ether oxygens (including phenoxy) is 1. The van der Waals surface area contributed by atoms with E-state index in [0.717, 1.165) is 39.3 Å². The first-order chi connectivity index (χ1) is 14.5. The Morgan fingerprint density at radius 2 is 1.63 bits per heavy atom. The highest BCUT2D eigenvalue weighted by molar-refractivity contribution is 5.90. The SMILES string of the molecule is CN1CCN(c2ncc(C(=O)O)c(Oc3ccccc3)n2)CC1.CN1CCNCC1. The summed E-state index contributed by atoms with van der Waals surface area (Å²) in [5.74, 6) is -0.0134. The molecule has 0 spiro atoms. The van der Waals surface area contributed by atoms with E-state index in [1.807, 2.05) is 23.1 Å². The van der Waals surface area contributed by atoms with Crippen LogP contribution >= 0.6 is 0 Å². The molecule has 2 N–H and O–H groups in total. The van der Waals surface area contributed by atoms with Crippen molar-refractivity contribution in [1.29, 1.82) is 0 Å². The Bertz CT molecular complexity index is 806. The molecule has 0 bridgehead atoms. The molecule has 9 heteroatoms. The fourth-order valence-electron chi connectivity index (χ4n) is 3.12. The van der Waals surface area contributed by atoms with Crippen LogP contribution in [0.15, 0.2) is 36.5 Å². The minimum atomic E-state index is -1.11. The molecule has 0 aliphatic carbocycles. The third kappa shape index (κ3) is 6.38. The lowest BCUT2D eigenvalue weighted by molar-refractivity contribution is 0.0693. The lowest BCUT2D eigenvalue weighted by atomic mass is 10.3. The van der Waals surface area contributed by atoms with Crippen LogP contribution in [0.2, 0.25) is 0 Å². The maximum Gasteiger partial charge on any atom is 0.342 e. The number of nitrogens with one attached hydrogen (secondary N) is 1. The Kier molecular flexibility index (Phi) is 7.95. The van der Waals surface area contributed by atoms with Crippen molar-refractivity contribution in [2.24, 2.45) is 0 Å². The number of rotatable bonds is 4. The van der Waals surface area contributed by atoms with Gasteiger partial charge in [-0.05, 0) is 26.2 Å². The fraction of sp³-hybridized carbons (Fsp3) is 0.476. The Morgan fingerprint density at radius 1 is 1.00 bits per heavy atom. The van der Waals surface area contributed by atoms with Gasteiger partial charge in [0.25, 0.3) is 0 Å². The molecule has 0 saturated carbocycles. The number of aromatic carboxylic acids is 1. The first-order valence-electron chi connectivity index (χ1n) is 10.2. The zero-order valence-corrected chi connectivity index (χ0v) is 17.6. The number of piperazine rings is 2. The Morgan fingerprint density at radius 3 is 2.20 bits per heavy atom. The van der Waals surface area contributed by atoms with Crippen LogP contribution in [0.5, 0.6) is 11.6 Å². The highest BCUT2D eigenvalue weighted by Gasteiger charge is 2.21. The lowest BCUT2D eigenvalue weighted by Crippen LogP contribution is -2.45. The summed E-state index contributed by atoms with van der Waals surface area (Å²) in [7, 11) is 4.22. The highest BCUT2D eigenvalue weighted by Crippen LogP contribution is 2.25. The number of hydrogen-bond acceptors (Lipinski definition) is 8. The van der Waals surface area contributed by atoms with E-state index in [1.54, 1.807) is 12.1 Å². The van der Waals surface area contributed by atoms with Crippen LogP contribution in [0.25, 0.3) is 0 Å². The maximum absolute atomic E-state index is 11.4. The third-order valence-electron chi connectivity index (χ3n) is 5.06. The second-order valence-corrected chi connectivity index (χ2v) is 7.45. The molecule has 3 heterocycles. The molecule has 4 rings (SSSR count). The summed E-state index contributed by atoms with van der Waals surface area (Å²) in [6.07, 6.45) is 1.31. The predicted octanol–water partition coefficient (Wildman–Crippen LogP) is 1.24. The van der Waals surface area contributed by atoms with E-state index >= 15 is 0 Å². The average Bonchev–Trinajstić information content (AvgIpc) is 2.76. The predicted molar refractivity (Wildman–Crippen MR) is 116 cm³/mol. The summed E-state index contributed by atoms with van der Waals surface area (Å²) in [5.41, 5.74) is -0.0493. The summed E-state index contributed by atoms with van der Waals surface area (Å²) in [5, 5.41) is 12.6. The number of carbonyl (C=O) groups is 1. The van der Waals surface area contributed by atoms with Crippen LogP contribution in [-0.2, 0) is 0 Å². The second-order valence-electron chi connectivity index (χ2n) is 7.45. The average molecular weight is 415 g/mol. The molecule has 0 radical (unpaired) electrons. The number of carboxylic acid groups (broad SMARTS) is 1. The van der Waals surface area contributed by atoms with Gasteiger partial charge in [0.15, 0.2) is 0 Å². The molecule has 2 aromatic rings. The summed E-state index contributed by atoms with van der Waals surface area (Å²) in [6.45, 7) is 8.17. The highest BCUT2D eigenvalue weighted by atomic mass is 16.5. The van der Waals surface area contributed by atoms with Crippen molar-refractivity contribution in [2.45, 2.75) is 0 Å². The van der Waals surface area contributed by atoms with Gasteiger partial charge in [0.05, 0.1) is 6.20 Å². The van der Waals surface area contributed by atoms with E-state index in [2.05, 4.69) is 39.2 Å². The minimum absolute atomic E-state index is 0.0493. The van der Waals surface area contributed by atoms with E-state index < -0.39 is 5.97 Å². The summed E-state index contributed by atoms with van der Waals surface area (Å²) in [6, 6.07) is 9.00. The van der Waals surface area contributed by atoms with Gasteiger partial charge < -0.3 is 29.9 Å². The summed E-state index contributed by atoms with van der Waals surface area (Å²) >= 11 is 0. The van der Waals surface area contributed by atoms with Gasteiger partial charge >= 0.3 is 5.97 Å². The summed E-state index contributed by atoms with van der Waals surface area (Å²) in [4.78, 5) is 26.5. The smallest absolute Gasteiger partial charge is 0.342 e. The molecule has 0 unspecified atom stereocenters. The van der Waals surface area contributed by atoms with Crippen molar-refractivity contribution >= 4 is 11.9 Å². The molecule has 9 nitrogen and oxygen atoms in total. The monoisotopic (exact) mass is 414 g/mol. The Balaban J connectivity index is 0.000000310. The van der Waals surface area contributed by atoms with Gasteiger partial charge in [0.2, 0.25) is 11.8 Å². The number of aromatic nitrogens is 2. The van der Waals surface area contributed by atoms with Crippen LogP contribution in [0.3, 0.4) is 0 Å². The number of nitrogens with zero attached hydrogens (tertiary/aromatic N) is 5. The number of anilines is 1. The van der Waals surface area contributed by atoms with Crippen molar-refractivity contribution in [3.8, 4) is 11.6 Å². The van der Waals surface area contributed by atoms with Crippen LogP contribution in [0.1, 0.15) is 10.4 Å².